The van der Waals surface area contributed by atoms with E-state index in [1.165, 1.54) is 54.8 Å². The summed E-state index contributed by atoms with van der Waals surface area (Å²) < 4.78 is 2.47. The zero-order valence-electron chi connectivity index (χ0n) is 12.3. The minimum absolute atomic E-state index is 0.858. The average molecular weight is 269 g/mol. The summed E-state index contributed by atoms with van der Waals surface area (Å²) in [4.78, 5) is 7.55. The summed E-state index contributed by atoms with van der Waals surface area (Å²) in [6.45, 7) is 5.71. The summed E-state index contributed by atoms with van der Waals surface area (Å²) in [5, 5.41) is 0. The third-order valence-electron chi connectivity index (χ3n) is 5.12. The number of fused-ring (bicyclic) bond motifs is 3. The van der Waals surface area contributed by atoms with Gasteiger partial charge in [0.1, 0.15) is 5.82 Å². The Hall–Kier alpha value is -1.35. The molecule has 3 heteroatoms. The number of benzene rings is 1. The molecular weight excluding hydrogens is 246 g/mol. The standard InChI is InChI=1S/C17H23N3/c1-2-13-6-7-15-16(12-13)20-11-10-19(14-4-3-5-14)9-8-17(20)18-15/h6-7,12,14H,2-5,8-11H2,1H3. The molecule has 1 fully saturated rings. The molecule has 1 aliphatic heterocycles. The first-order valence-electron chi connectivity index (χ1n) is 8.07. The van der Waals surface area contributed by atoms with E-state index >= 15 is 0 Å². The van der Waals surface area contributed by atoms with Crippen molar-refractivity contribution in [1.82, 2.24) is 14.5 Å². The summed E-state index contributed by atoms with van der Waals surface area (Å²) >= 11 is 0. The van der Waals surface area contributed by atoms with Crippen LogP contribution in [0.1, 0.15) is 37.6 Å². The first-order valence-corrected chi connectivity index (χ1v) is 8.07. The summed E-state index contributed by atoms with van der Waals surface area (Å²) in [5.41, 5.74) is 3.93. The largest absolute Gasteiger partial charge is 0.327 e. The minimum atomic E-state index is 0.858. The van der Waals surface area contributed by atoms with Crippen molar-refractivity contribution in [2.45, 2.75) is 51.6 Å². The van der Waals surface area contributed by atoms with Crippen molar-refractivity contribution in [3.63, 3.8) is 0 Å². The van der Waals surface area contributed by atoms with Crippen molar-refractivity contribution < 1.29 is 0 Å². The molecule has 20 heavy (non-hydrogen) atoms. The molecule has 0 unspecified atom stereocenters. The van der Waals surface area contributed by atoms with Crippen LogP contribution in [0.25, 0.3) is 11.0 Å². The van der Waals surface area contributed by atoms with Crippen LogP contribution >= 0.6 is 0 Å². The van der Waals surface area contributed by atoms with Crippen LogP contribution in [-0.2, 0) is 19.4 Å². The van der Waals surface area contributed by atoms with E-state index in [4.69, 9.17) is 4.98 Å². The lowest BCUT2D eigenvalue weighted by Crippen LogP contribution is -2.41. The number of rotatable bonds is 2. The molecule has 0 N–H and O–H groups in total. The second kappa shape index (κ2) is 4.88. The van der Waals surface area contributed by atoms with Gasteiger partial charge in [-0.15, -0.1) is 0 Å². The van der Waals surface area contributed by atoms with E-state index in [9.17, 15) is 0 Å². The highest BCUT2D eigenvalue weighted by molar-refractivity contribution is 5.77. The van der Waals surface area contributed by atoms with Gasteiger partial charge in [-0.2, -0.15) is 0 Å². The van der Waals surface area contributed by atoms with Gasteiger partial charge in [-0.1, -0.05) is 19.4 Å². The second-order valence-corrected chi connectivity index (χ2v) is 6.23. The van der Waals surface area contributed by atoms with Crippen molar-refractivity contribution >= 4 is 11.0 Å². The Balaban J connectivity index is 1.66. The van der Waals surface area contributed by atoms with E-state index in [0.717, 1.165) is 25.4 Å². The quantitative estimate of drug-likeness (QED) is 0.835. The predicted molar refractivity (Wildman–Crippen MR) is 82.0 cm³/mol. The second-order valence-electron chi connectivity index (χ2n) is 6.23. The topological polar surface area (TPSA) is 21.1 Å². The molecule has 106 valence electrons. The van der Waals surface area contributed by atoms with Crippen molar-refractivity contribution in [2.75, 3.05) is 13.1 Å². The maximum atomic E-state index is 4.86. The van der Waals surface area contributed by atoms with Gasteiger partial charge in [0, 0.05) is 32.1 Å². The van der Waals surface area contributed by atoms with Gasteiger partial charge < -0.3 is 4.57 Å². The zero-order chi connectivity index (χ0) is 13.5. The minimum Gasteiger partial charge on any atom is -0.327 e. The van der Waals surface area contributed by atoms with E-state index in [1.54, 1.807) is 0 Å². The van der Waals surface area contributed by atoms with Crippen molar-refractivity contribution in [3.8, 4) is 0 Å². The zero-order valence-corrected chi connectivity index (χ0v) is 12.3. The number of hydrogen-bond acceptors (Lipinski definition) is 2. The highest BCUT2D eigenvalue weighted by Crippen LogP contribution is 2.27. The third-order valence-corrected chi connectivity index (χ3v) is 5.12. The molecule has 1 saturated carbocycles. The summed E-state index contributed by atoms with van der Waals surface area (Å²) in [6, 6.07) is 7.61. The smallest absolute Gasteiger partial charge is 0.111 e. The molecule has 0 bridgehead atoms. The Morgan fingerprint density at radius 3 is 2.85 bits per heavy atom. The maximum absolute atomic E-state index is 4.86. The Bertz CT molecular complexity index is 624. The molecule has 2 aliphatic rings. The van der Waals surface area contributed by atoms with Gasteiger partial charge in [-0.05, 0) is 37.0 Å². The molecule has 0 radical (unpaired) electrons. The number of nitrogens with zero attached hydrogens (tertiary/aromatic N) is 3. The van der Waals surface area contributed by atoms with Crippen molar-refractivity contribution in [3.05, 3.63) is 29.6 Å². The number of aryl methyl sites for hydroxylation is 1. The molecule has 2 aromatic rings. The molecule has 0 spiro atoms. The van der Waals surface area contributed by atoms with Gasteiger partial charge in [0.25, 0.3) is 0 Å². The van der Waals surface area contributed by atoms with Crippen molar-refractivity contribution in [1.29, 1.82) is 0 Å². The van der Waals surface area contributed by atoms with Crippen LogP contribution in [0.2, 0.25) is 0 Å². The lowest BCUT2D eigenvalue weighted by molar-refractivity contribution is 0.130. The summed E-state index contributed by atoms with van der Waals surface area (Å²) in [6.07, 6.45) is 6.44. The molecule has 0 amide bonds. The predicted octanol–water partition coefficient (Wildman–Crippen LogP) is 3.01. The fraction of sp³-hybridized carbons (Fsp3) is 0.588. The van der Waals surface area contributed by atoms with Crippen LogP contribution in [0.5, 0.6) is 0 Å². The molecular formula is C17H23N3. The Morgan fingerprint density at radius 2 is 2.10 bits per heavy atom. The van der Waals surface area contributed by atoms with Crippen LogP contribution in [0, 0.1) is 0 Å². The van der Waals surface area contributed by atoms with Crippen molar-refractivity contribution in [2.24, 2.45) is 0 Å². The lowest BCUT2D eigenvalue weighted by atomic mass is 9.91. The Kier molecular flexibility index (Phi) is 3.03. The van der Waals surface area contributed by atoms with Gasteiger partial charge >= 0.3 is 0 Å². The molecule has 1 aromatic carbocycles. The maximum Gasteiger partial charge on any atom is 0.111 e. The van der Waals surface area contributed by atoms with E-state index in [-0.39, 0.29) is 0 Å². The average Bonchev–Trinajstić information content (AvgIpc) is 2.64. The summed E-state index contributed by atoms with van der Waals surface area (Å²) in [5.74, 6) is 1.29. The van der Waals surface area contributed by atoms with Gasteiger partial charge in [0.15, 0.2) is 0 Å². The van der Waals surface area contributed by atoms with Gasteiger partial charge in [0.05, 0.1) is 11.0 Å². The van der Waals surface area contributed by atoms with E-state index in [0.29, 0.717) is 0 Å². The van der Waals surface area contributed by atoms with Gasteiger partial charge in [-0.25, -0.2) is 4.98 Å². The van der Waals surface area contributed by atoms with Gasteiger partial charge in [-0.3, -0.25) is 4.90 Å². The molecule has 0 saturated heterocycles. The molecule has 3 nitrogen and oxygen atoms in total. The molecule has 4 rings (SSSR count). The molecule has 2 heterocycles. The number of hydrogen-bond donors (Lipinski definition) is 0. The lowest BCUT2D eigenvalue weighted by Gasteiger charge is -2.36. The highest BCUT2D eigenvalue weighted by Gasteiger charge is 2.27. The summed E-state index contributed by atoms with van der Waals surface area (Å²) in [7, 11) is 0. The van der Waals surface area contributed by atoms with Gasteiger partial charge in [0.2, 0.25) is 0 Å². The number of imidazole rings is 1. The normalized spacial score (nSPS) is 20.6. The first-order chi connectivity index (χ1) is 9.85. The SMILES string of the molecule is CCc1ccc2nc3n(c2c1)CCN(C1CCC1)CC3. The molecule has 1 aliphatic carbocycles. The van der Waals surface area contributed by atoms with E-state index < -0.39 is 0 Å². The monoisotopic (exact) mass is 269 g/mol. The van der Waals surface area contributed by atoms with Crippen LogP contribution < -0.4 is 0 Å². The van der Waals surface area contributed by atoms with Crippen LogP contribution in [0.15, 0.2) is 18.2 Å². The van der Waals surface area contributed by atoms with Crippen LogP contribution in [0.4, 0.5) is 0 Å². The Labute approximate surface area is 120 Å². The first kappa shape index (κ1) is 12.4. The Morgan fingerprint density at radius 1 is 1.20 bits per heavy atom. The van der Waals surface area contributed by atoms with Crippen LogP contribution in [-0.4, -0.2) is 33.6 Å². The fourth-order valence-corrected chi connectivity index (χ4v) is 3.58. The third kappa shape index (κ3) is 1.96. The molecule has 1 aromatic heterocycles. The van der Waals surface area contributed by atoms with E-state index in [2.05, 4.69) is 34.6 Å². The fourth-order valence-electron chi connectivity index (χ4n) is 3.58. The molecule has 0 atom stereocenters. The highest BCUT2D eigenvalue weighted by atomic mass is 15.2. The van der Waals surface area contributed by atoms with E-state index in [1.807, 2.05) is 0 Å². The number of aromatic nitrogens is 2. The van der Waals surface area contributed by atoms with Crippen LogP contribution in [0.3, 0.4) is 0 Å².